The molecule has 0 unspecified atom stereocenters. The van der Waals surface area contributed by atoms with Crippen LogP contribution in [0.15, 0.2) is 24.3 Å². The number of morpholine rings is 1. The number of nitriles is 1. The Morgan fingerprint density at radius 1 is 1.37 bits per heavy atom. The molecule has 0 spiro atoms. The monoisotopic (exact) mass is 259 g/mol. The molecule has 0 bridgehead atoms. The Labute approximate surface area is 115 Å². The van der Waals surface area contributed by atoms with Crippen LogP contribution in [0.5, 0.6) is 0 Å². The van der Waals surface area contributed by atoms with Gasteiger partial charge in [-0.3, -0.25) is 4.90 Å². The molecular formula is C15H21N3O. The van der Waals surface area contributed by atoms with Crippen LogP contribution in [0.25, 0.3) is 0 Å². The third-order valence-corrected chi connectivity index (χ3v) is 3.41. The Morgan fingerprint density at radius 3 is 2.89 bits per heavy atom. The van der Waals surface area contributed by atoms with E-state index in [0.29, 0.717) is 0 Å². The lowest BCUT2D eigenvalue weighted by atomic mass is 10.1. The Kier molecular flexibility index (Phi) is 5.34. The van der Waals surface area contributed by atoms with Gasteiger partial charge in [-0.25, -0.2) is 0 Å². The smallest absolute Gasteiger partial charge is 0.0991 e. The highest BCUT2D eigenvalue weighted by Crippen LogP contribution is 2.07. The SMILES string of the molecule is CN(CCN1CCOCC1)Cc1cccc(C#N)c1. The molecular weight excluding hydrogens is 238 g/mol. The number of nitrogens with zero attached hydrogens (tertiary/aromatic N) is 3. The summed E-state index contributed by atoms with van der Waals surface area (Å²) in [5.74, 6) is 0. The molecule has 0 N–H and O–H groups in total. The first-order valence-corrected chi connectivity index (χ1v) is 6.75. The lowest BCUT2D eigenvalue weighted by molar-refractivity contribution is 0.0342. The molecule has 1 fully saturated rings. The van der Waals surface area contributed by atoms with E-state index in [1.165, 1.54) is 5.56 Å². The summed E-state index contributed by atoms with van der Waals surface area (Å²) in [6.45, 7) is 6.80. The van der Waals surface area contributed by atoms with E-state index < -0.39 is 0 Å². The summed E-state index contributed by atoms with van der Waals surface area (Å²) in [6.07, 6.45) is 0. The number of rotatable bonds is 5. The molecule has 1 aliphatic rings. The van der Waals surface area contributed by atoms with Crippen molar-refractivity contribution in [3.8, 4) is 6.07 Å². The van der Waals surface area contributed by atoms with Crippen molar-refractivity contribution in [2.45, 2.75) is 6.54 Å². The van der Waals surface area contributed by atoms with Crippen LogP contribution in [0, 0.1) is 11.3 Å². The zero-order valence-electron chi connectivity index (χ0n) is 11.5. The normalized spacial score (nSPS) is 16.5. The molecule has 2 rings (SSSR count). The van der Waals surface area contributed by atoms with Crippen molar-refractivity contribution in [3.05, 3.63) is 35.4 Å². The van der Waals surface area contributed by atoms with Gasteiger partial charge in [0.1, 0.15) is 0 Å². The highest BCUT2D eigenvalue weighted by Gasteiger charge is 2.10. The van der Waals surface area contributed by atoms with Gasteiger partial charge < -0.3 is 9.64 Å². The van der Waals surface area contributed by atoms with Crippen molar-refractivity contribution in [1.82, 2.24) is 9.80 Å². The lowest BCUT2D eigenvalue weighted by Crippen LogP contribution is -2.40. The number of hydrogen-bond acceptors (Lipinski definition) is 4. The van der Waals surface area contributed by atoms with Crippen LogP contribution in [0.4, 0.5) is 0 Å². The van der Waals surface area contributed by atoms with Gasteiger partial charge in [0.25, 0.3) is 0 Å². The molecule has 1 aromatic carbocycles. The molecule has 0 aromatic heterocycles. The summed E-state index contributed by atoms with van der Waals surface area (Å²) in [5.41, 5.74) is 1.93. The van der Waals surface area contributed by atoms with E-state index in [1.807, 2.05) is 18.2 Å². The Bertz CT molecular complexity index is 435. The second-order valence-corrected chi connectivity index (χ2v) is 5.00. The highest BCUT2D eigenvalue weighted by molar-refractivity contribution is 5.32. The minimum absolute atomic E-state index is 0.735. The summed E-state index contributed by atoms with van der Waals surface area (Å²) in [4.78, 5) is 4.73. The molecule has 0 aliphatic carbocycles. The summed E-state index contributed by atoms with van der Waals surface area (Å²) in [5, 5.41) is 8.89. The second kappa shape index (κ2) is 7.25. The van der Waals surface area contributed by atoms with Crippen LogP contribution >= 0.6 is 0 Å². The van der Waals surface area contributed by atoms with Gasteiger partial charge in [-0.1, -0.05) is 12.1 Å². The van der Waals surface area contributed by atoms with Gasteiger partial charge in [0.2, 0.25) is 0 Å². The molecule has 102 valence electrons. The molecule has 4 heteroatoms. The second-order valence-electron chi connectivity index (χ2n) is 5.00. The fourth-order valence-corrected chi connectivity index (χ4v) is 2.27. The van der Waals surface area contributed by atoms with Gasteiger partial charge in [-0.05, 0) is 24.7 Å². The van der Waals surface area contributed by atoms with E-state index >= 15 is 0 Å². The van der Waals surface area contributed by atoms with Crippen LogP contribution in [-0.4, -0.2) is 56.2 Å². The Morgan fingerprint density at radius 2 is 2.16 bits per heavy atom. The van der Waals surface area contributed by atoms with Crippen molar-refractivity contribution < 1.29 is 4.74 Å². The third kappa shape index (κ3) is 4.64. The molecule has 1 aliphatic heterocycles. The van der Waals surface area contributed by atoms with Crippen molar-refractivity contribution >= 4 is 0 Å². The van der Waals surface area contributed by atoms with Gasteiger partial charge in [0.05, 0.1) is 24.8 Å². The Hall–Kier alpha value is -1.41. The summed E-state index contributed by atoms with van der Waals surface area (Å²) >= 11 is 0. The molecule has 1 aromatic rings. The topological polar surface area (TPSA) is 39.5 Å². The van der Waals surface area contributed by atoms with E-state index in [0.717, 1.165) is 51.5 Å². The minimum atomic E-state index is 0.735. The summed E-state index contributed by atoms with van der Waals surface area (Å²) < 4.78 is 5.34. The predicted molar refractivity (Wildman–Crippen MR) is 74.8 cm³/mol. The fraction of sp³-hybridized carbons (Fsp3) is 0.533. The first-order chi connectivity index (χ1) is 9.28. The van der Waals surface area contributed by atoms with Crippen LogP contribution in [0.3, 0.4) is 0 Å². The number of benzene rings is 1. The van der Waals surface area contributed by atoms with Crippen LogP contribution in [-0.2, 0) is 11.3 Å². The third-order valence-electron chi connectivity index (χ3n) is 3.41. The predicted octanol–water partition coefficient (Wildman–Crippen LogP) is 1.32. The lowest BCUT2D eigenvalue weighted by Gasteiger charge is -2.28. The maximum absolute atomic E-state index is 8.89. The van der Waals surface area contributed by atoms with Gasteiger partial charge in [0, 0.05) is 32.7 Å². The molecule has 0 amide bonds. The average molecular weight is 259 g/mol. The molecule has 1 heterocycles. The molecule has 19 heavy (non-hydrogen) atoms. The van der Waals surface area contributed by atoms with Crippen LogP contribution < -0.4 is 0 Å². The van der Waals surface area contributed by atoms with Crippen molar-refractivity contribution in [2.24, 2.45) is 0 Å². The maximum Gasteiger partial charge on any atom is 0.0991 e. The van der Waals surface area contributed by atoms with E-state index in [2.05, 4.69) is 29.0 Å². The van der Waals surface area contributed by atoms with Gasteiger partial charge >= 0.3 is 0 Å². The Balaban J connectivity index is 1.77. The number of likely N-dealkylation sites (N-methyl/N-ethyl adjacent to an activating group) is 1. The minimum Gasteiger partial charge on any atom is -0.379 e. The molecule has 4 nitrogen and oxygen atoms in total. The first kappa shape index (κ1) is 14.0. The van der Waals surface area contributed by atoms with E-state index in [-0.39, 0.29) is 0 Å². The van der Waals surface area contributed by atoms with E-state index in [4.69, 9.17) is 10.00 Å². The molecule has 0 radical (unpaired) electrons. The maximum atomic E-state index is 8.89. The highest BCUT2D eigenvalue weighted by atomic mass is 16.5. The van der Waals surface area contributed by atoms with Crippen molar-refractivity contribution in [1.29, 1.82) is 5.26 Å². The van der Waals surface area contributed by atoms with Crippen LogP contribution in [0.2, 0.25) is 0 Å². The van der Waals surface area contributed by atoms with Crippen molar-refractivity contribution in [3.63, 3.8) is 0 Å². The number of hydrogen-bond donors (Lipinski definition) is 0. The van der Waals surface area contributed by atoms with Gasteiger partial charge in [0.15, 0.2) is 0 Å². The quantitative estimate of drug-likeness (QED) is 0.799. The molecule has 0 saturated carbocycles. The van der Waals surface area contributed by atoms with E-state index in [1.54, 1.807) is 0 Å². The largest absolute Gasteiger partial charge is 0.379 e. The molecule has 0 atom stereocenters. The number of ether oxygens (including phenoxy) is 1. The summed E-state index contributed by atoms with van der Waals surface area (Å²) in [6, 6.07) is 10.0. The van der Waals surface area contributed by atoms with Crippen molar-refractivity contribution in [2.75, 3.05) is 46.4 Å². The molecule has 1 saturated heterocycles. The van der Waals surface area contributed by atoms with Gasteiger partial charge in [-0.15, -0.1) is 0 Å². The standard InChI is InChI=1S/C15H21N3O/c1-17(5-6-18-7-9-19-10-8-18)13-15-4-2-3-14(11-15)12-16/h2-4,11H,5-10,13H2,1H3. The zero-order chi connectivity index (χ0) is 13.5. The van der Waals surface area contributed by atoms with Crippen LogP contribution in [0.1, 0.15) is 11.1 Å². The van der Waals surface area contributed by atoms with E-state index in [9.17, 15) is 0 Å². The first-order valence-electron chi connectivity index (χ1n) is 6.75. The zero-order valence-corrected chi connectivity index (χ0v) is 11.5. The summed E-state index contributed by atoms with van der Waals surface area (Å²) in [7, 11) is 2.12. The average Bonchev–Trinajstić information content (AvgIpc) is 2.46. The fourth-order valence-electron chi connectivity index (χ4n) is 2.27. The van der Waals surface area contributed by atoms with Gasteiger partial charge in [-0.2, -0.15) is 5.26 Å².